The van der Waals surface area contributed by atoms with E-state index in [1.54, 1.807) is 140 Å². The lowest BCUT2D eigenvalue weighted by atomic mass is 9.59. The van der Waals surface area contributed by atoms with Gasteiger partial charge in [-0.2, -0.15) is 0 Å². The number of carbonyl (C=O) groups is 1. The van der Waals surface area contributed by atoms with E-state index in [4.69, 9.17) is 0 Å². The van der Waals surface area contributed by atoms with E-state index in [2.05, 4.69) is 0 Å². The zero-order chi connectivity index (χ0) is 33.3. The van der Waals surface area contributed by atoms with Crippen molar-refractivity contribution in [2.24, 2.45) is 0 Å². The first-order valence-corrected chi connectivity index (χ1v) is 15.9. The summed E-state index contributed by atoms with van der Waals surface area (Å²) in [7, 11) is 0. The number of aliphatic hydroxyl groups excluding tert-OH is 2. The summed E-state index contributed by atoms with van der Waals surface area (Å²) < 4.78 is 0. The second-order valence-corrected chi connectivity index (χ2v) is 12.4. The summed E-state index contributed by atoms with van der Waals surface area (Å²) in [6.07, 6.45) is -5.00. The van der Waals surface area contributed by atoms with Crippen LogP contribution in [-0.2, 0) is 36.9 Å². The van der Waals surface area contributed by atoms with Crippen LogP contribution in [0.1, 0.15) is 27.8 Å². The van der Waals surface area contributed by atoms with Gasteiger partial charge in [0.05, 0.1) is 6.10 Å². The van der Waals surface area contributed by atoms with Gasteiger partial charge in [-0.25, -0.2) is 0 Å². The van der Waals surface area contributed by atoms with Gasteiger partial charge in [-0.15, -0.1) is 0 Å². The zero-order valence-electron chi connectivity index (χ0n) is 26.3. The third-order valence-corrected chi connectivity index (χ3v) is 9.13. The Kier molecular flexibility index (Phi) is 10.8. The topological polar surface area (TPSA) is 118 Å². The van der Waals surface area contributed by atoms with Crippen LogP contribution in [0.5, 0.6) is 0 Å². The van der Waals surface area contributed by atoms with Crippen LogP contribution >= 0.6 is 0 Å². The average Bonchev–Trinajstić information content (AvgIpc) is 3.10. The molecule has 5 aromatic rings. The molecule has 5 N–H and O–H groups in total. The Hall–Kier alpha value is -4.43. The van der Waals surface area contributed by atoms with Crippen molar-refractivity contribution in [2.75, 3.05) is 0 Å². The van der Waals surface area contributed by atoms with Crippen LogP contribution in [0.25, 0.3) is 0 Å². The van der Waals surface area contributed by atoms with Gasteiger partial charge in [0.15, 0.2) is 11.4 Å². The molecule has 5 aromatic carbocycles. The van der Waals surface area contributed by atoms with Gasteiger partial charge >= 0.3 is 0 Å². The maximum atomic E-state index is 14.6. The summed E-state index contributed by atoms with van der Waals surface area (Å²) in [4.78, 5) is 14.6. The molecule has 47 heavy (non-hydrogen) atoms. The average molecular weight is 631 g/mol. The number of ketones is 1. The van der Waals surface area contributed by atoms with Crippen molar-refractivity contribution in [3.8, 4) is 0 Å². The first kappa shape index (κ1) is 33.9. The lowest BCUT2D eigenvalue weighted by molar-refractivity contribution is -0.276. The second kappa shape index (κ2) is 15.0. The van der Waals surface area contributed by atoms with E-state index in [0.717, 1.165) is 0 Å². The van der Waals surface area contributed by atoms with Gasteiger partial charge in [0, 0.05) is 32.1 Å². The predicted octanol–water partition coefficient (Wildman–Crippen LogP) is 4.68. The molecule has 0 radical (unpaired) electrons. The molecule has 0 saturated heterocycles. The lowest BCUT2D eigenvalue weighted by Crippen LogP contribution is -2.77. The number of hydrogen-bond donors (Lipinski definition) is 5. The van der Waals surface area contributed by atoms with Gasteiger partial charge in [-0.1, -0.05) is 152 Å². The smallest absolute Gasteiger partial charge is 0.172 e. The highest BCUT2D eigenvalue weighted by atomic mass is 16.4. The minimum absolute atomic E-state index is 0.0460. The van der Waals surface area contributed by atoms with Crippen LogP contribution < -0.4 is 0 Å². The number of rotatable bonds is 15. The Bertz CT molecular complexity index is 1680. The minimum atomic E-state index is -2.73. The van der Waals surface area contributed by atoms with Crippen molar-refractivity contribution in [1.82, 2.24) is 0 Å². The Morgan fingerprint density at radius 2 is 0.851 bits per heavy atom. The summed E-state index contributed by atoms with van der Waals surface area (Å²) >= 11 is 0. The van der Waals surface area contributed by atoms with Crippen molar-refractivity contribution >= 4 is 5.78 Å². The molecule has 0 bridgehead atoms. The molecule has 0 heterocycles. The van der Waals surface area contributed by atoms with Crippen molar-refractivity contribution < 1.29 is 30.3 Å². The summed E-state index contributed by atoms with van der Waals surface area (Å²) in [5, 5.41) is 62.9. The maximum Gasteiger partial charge on any atom is 0.172 e. The van der Waals surface area contributed by atoms with Crippen molar-refractivity contribution in [3.05, 3.63) is 179 Å². The highest BCUT2D eigenvalue weighted by Gasteiger charge is 2.67. The molecule has 6 heteroatoms. The lowest BCUT2D eigenvalue weighted by Gasteiger charge is -2.54. The van der Waals surface area contributed by atoms with E-state index in [-0.39, 0.29) is 25.7 Å². The summed E-state index contributed by atoms with van der Waals surface area (Å²) in [5.74, 6) is -0.734. The molecule has 0 aliphatic heterocycles. The van der Waals surface area contributed by atoms with Crippen LogP contribution in [0.2, 0.25) is 0 Å². The standard InChI is InChI=1S/C41H42O6/c42-36(26-31-16-6-1-7-17-31)38(44)40(46,29-34-22-12-4-13-23-34)41(47,30-35-24-14-5-15-25-35)39(45,28-33-20-10-3-11-21-33)37(43)27-32-18-8-2-9-19-32/h1-25,36,38,42,44-47H,26-30H2/t36?,38-,39+,40+,41-/m1/s1. The van der Waals surface area contributed by atoms with E-state index in [9.17, 15) is 30.3 Å². The minimum Gasteiger partial charge on any atom is -0.390 e. The molecular weight excluding hydrogens is 588 g/mol. The molecule has 0 aliphatic carbocycles. The van der Waals surface area contributed by atoms with Crippen molar-refractivity contribution in [2.45, 2.75) is 61.1 Å². The maximum absolute atomic E-state index is 14.6. The molecule has 0 fully saturated rings. The number of Topliss-reactive ketones (excluding diaryl/α,β-unsaturated/α-hetero) is 1. The second-order valence-electron chi connectivity index (χ2n) is 12.4. The van der Waals surface area contributed by atoms with Gasteiger partial charge < -0.3 is 25.5 Å². The molecule has 0 aromatic heterocycles. The predicted molar refractivity (Wildman–Crippen MR) is 183 cm³/mol. The first-order chi connectivity index (χ1) is 22.6. The Morgan fingerprint density at radius 3 is 1.30 bits per heavy atom. The molecule has 0 saturated carbocycles. The molecular formula is C41H42O6. The van der Waals surface area contributed by atoms with E-state index in [0.29, 0.717) is 27.8 Å². The summed E-state index contributed by atoms with van der Waals surface area (Å²) in [6, 6.07) is 44.3. The normalized spacial score (nSPS) is 16.6. The fourth-order valence-corrected chi connectivity index (χ4v) is 6.53. The summed E-state index contributed by atoms with van der Waals surface area (Å²) in [6.45, 7) is 0. The van der Waals surface area contributed by atoms with Gasteiger partial charge in [0.25, 0.3) is 0 Å². The highest BCUT2D eigenvalue weighted by molar-refractivity contribution is 5.91. The van der Waals surface area contributed by atoms with Crippen LogP contribution in [0.3, 0.4) is 0 Å². The van der Waals surface area contributed by atoms with E-state index in [1.807, 2.05) is 12.1 Å². The number of hydrogen-bond acceptors (Lipinski definition) is 6. The van der Waals surface area contributed by atoms with Crippen LogP contribution in [0.4, 0.5) is 0 Å². The Labute approximate surface area is 276 Å². The molecule has 5 rings (SSSR count). The fourth-order valence-electron chi connectivity index (χ4n) is 6.53. The Balaban J connectivity index is 1.72. The first-order valence-electron chi connectivity index (χ1n) is 15.9. The van der Waals surface area contributed by atoms with Gasteiger partial charge in [0.1, 0.15) is 17.3 Å². The number of benzene rings is 5. The number of aliphatic hydroxyl groups is 5. The van der Waals surface area contributed by atoms with Crippen molar-refractivity contribution in [3.63, 3.8) is 0 Å². The highest BCUT2D eigenvalue weighted by Crippen LogP contribution is 2.44. The van der Waals surface area contributed by atoms with Crippen LogP contribution in [0, 0.1) is 0 Å². The molecule has 6 nitrogen and oxygen atoms in total. The van der Waals surface area contributed by atoms with Gasteiger partial charge in [0.2, 0.25) is 0 Å². The monoisotopic (exact) mass is 630 g/mol. The SMILES string of the molecule is O=C(Cc1ccccc1)[C@@](O)(Cc1ccccc1)[C@](O)(Cc1ccccc1)[C@](O)(Cc1ccccc1)[C@H](O)C(O)Cc1ccccc1. The van der Waals surface area contributed by atoms with E-state index in [1.165, 1.54) is 0 Å². The third-order valence-electron chi connectivity index (χ3n) is 9.13. The van der Waals surface area contributed by atoms with Crippen LogP contribution in [-0.4, -0.2) is 60.3 Å². The quantitative estimate of drug-likeness (QED) is 0.115. The Morgan fingerprint density at radius 1 is 0.489 bits per heavy atom. The van der Waals surface area contributed by atoms with Gasteiger partial charge in [-0.05, 0) is 27.8 Å². The van der Waals surface area contributed by atoms with Gasteiger partial charge in [-0.3, -0.25) is 4.79 Å². The molecule has 0 amide bonds. The third kappa shape index (κ3) is 7.60. The molecule has 0 aliphatic rings. The number of carbonyl (C=O) groups excluding carboxylic acids is 1. The fraction of sp³-hybridized carbons (Fsp3) is 0.244. The molecule has 1 unspecified atom stereocenters. The van der Waals surface area contributed by atoms with E-state index < -0.39 is 41.2 Å². The molecule has 242 valence electrons. The zero-order valence-corrected chi connectivity index (χ0v) is 26.3. The molecule has 0 spiro atoms. The molecule has 5 atom stereocenters. The summed E-state index contributed by atoms with van der Waals surface area (Å²) in [5.41, 5.74) is -5.10. The van der Waals surface area contributed by atoms with E-state index >= 15 is 0 Å². The van der Waals surface area contributed by atoms with Crippen molar-refractivity contribution in [1.29, 1.82) is 0 Å². The largest absolute Gasteiger partial charge is 0.390 e. The van der Waals surface area contributed by atoms with Crippen LogP contribution in [0.15, 0.2) is 152 Å².